The Hall–Kier alpha value is -2.94. The van der Waals surface area contributed by atoms with Crippen LogP contribution in [-0.2, 0) is 4.74 Å². The molecule has 24 heavy (non-hydrogen) atoms. The molecule has 124 valence electrons. The predicted octanol–water partition coefficient (Wildman–Crippen LogP) is 2.39. The van der Waals surface area contributed by atoms with E-state index in [9.17, 15) is 14.9 Å². The summed E-state index contributed by atoms with van der Waals surface area (Å²) in [4.78, 5) is 22.5. The van der Waals surface area contributed by atoms with E-state index in [0.717, 1.165) is 19.3 Å². The summed E-state index contributed by atoms with van der Waals surface area (Å²) in [6, 6.07) is 4.47. The summed E-state index contributed by atoms with van der Waals surface area (Å²) in [5, 5.41) is 16.1. The second-order valence-electron chi connectivity index (χ2n) is 5.59. The number of hydrogen-bond acceptors (Lipinski definition) is 6. The largest absolute Gasteiger partial charge is 0.424 e. The number of fused-ring (bicyclic) bond motifs is 1. The molecule has 1 aromatic carbocycles. The van der Waals surface area contributed by atoms with Crippen LogP contribution in [0.2, 0.25) is 0 Å². The minimum Gasteiger partial charge on any atom is -0.416 e. The normalized spacial score (nSPS) is 18.1. The third-order valence-electron chi connectivity index (χ3n) is 4.11. The van der Waals surface area contributed by atoms with Gasteiger partial charge in [0.25, 0.3) is 5.69 Å². The highest BCUT2D eigenvalue weighted by Gasteiger charge is 2.24. The van der Waals surface area contributed by atoms with Gasteiger partial charge < -0.3 is 9.15 Å². The van der Waals surface area contributed by atoms with Crippen LogP contribution in [0.4, 0.5) is 5.69 Å². The quantitative estimate of drug-likeness (QED) is 0.539. The Bertz CT molecular complexity index is 964. The zero-order valence-corrected chi connectivity index (χ0v) is 12.6. The van der Waals surface area contributed by atoms with Crippen LogP contribution in [0.25, 0.3) is 16.7 Å². The molecule has 0 bridgehead atoms. The second kappa shape index (κ2) is 5.60. The highest BCUT2D eigenvalue weighted by Crippen LogP contribution is 2.31. The molecule has 9 nitrogen and oxygen atoms in total. The number of nitrogens with zero attached hydrogens (tertiary/aromatic N) is 4. The molecular formula is C15H14N4O5. The highest BCUT2D eigenvalue weighted by atomic mass is 16.6. The van der Waals surface area contributed by atoms with Crippen LogP contribution < -0.4 is 5.76 Å². The predicted molar refractivity (Wildman–Crippen MR) is 83.1 cm³/mol. The zero-order valence-electron chi connectivity index (χ0n) is 12.6. The van der Waals surface area contributed by atoms with Crippen LogP contribution in [-0.4, -0.2) is 25.9 Å². The van der Waals surface area contributed by atoms with Crippen molar-refractivity contribution >= 4 is 16.6 Å². The molecule has 3 heterocycles. The molecule has 0 spiro atoms. The van der Waals surface area contributed by atoms with Gasteiger partial charge in [0.2, 0.25) is 0 Å². The van der Waals surface area contributed by atoms with Crippen LogP contribution >= 0.6 is 0 Å². The van der Waals surface area contributed by atoms with Gasteiger partial charge in [0, 0.05) is 18.7 Å². The first-order valence-electron chi connectivity index (χ1n) is 7.60. The van der Waals surface area contributed by atoms with Crippen molar-refractivity contribution in [3.63, 3.8) is 0 Å². The monoisotopic (exact) mass is 330 g/mol. The maximum Gasteiger partial charge on any atom is 0.424 e. The minimum atomic E-state index is -0.599. The Labute approximate surface area is 135 Å². The average Bonchev–Trinajstić information content (AvgIpc) is 3.18. The molecule has 0 saturated carbocycles. The van der Waals surface area contributed by atoms with Crippen LogP contribution in [0.3, 0.4) is 0 Å². The van der Waals surface area contributed by atoms with Crippen molar-refractivity contribution in [2.24, 2.45) is 0 Å². The number of nitro benzene ring substituents is 1. The SMILES string of the molecule is O=c1occn1-c1nn(C2CCCCO2)c2ccc([N+](=O)[O-])cc12. The first-order chi connectivity index (χ1) is 11.6. The van der Waals surface area contributed by atoms with Crippen LogP contribution in [0.1, 0.15) is 25.5 Å². The van der Waals surface area contributed by atoms with E-state index in [2.05, 4.69) is 5.10 Å². The fraction of sp³-hybridized carbons (Fsp3) is 0.333. The summed E-state index contributed by atoms with van der Waals surface area (Å²) in [6.07, 6.45) is 5.25. The van der Waals surface area contributed by atoms with E-state index in [-0.39, 0.29) is 11.9 Å². The molecular weight excluding hydrogens is 316 g/mol. The molecule has 1 atom stereocenters. The lowest BCUT2D eigenvalue weighted by Crippen LogP contribution is -2.20. The van der Waals surface area contributed by atoms with Gasteiger partial charge >= 0.3 is 5.76 Å². The van der Waals surface area contributed by atoms with Gasteiger partial charge in [-0.25, -0.2) is 14.0 Å². The van der Waals surface area contributed by atoms with Crippen LogP contribution in [0.5, 0.6) is 0 Å². The Morgan fingerprint density at radius 3 is 2.88 bits per heavy atom. The average molecular weight is 330 g/mol. The van der Waals surface area contributed by atoms with Crippen molar-refractivity contribution < 1.29 is 14.1 Å². The minimum absolute atomic E-state index is 0.0654. The number of ether oxygens (including phenoxy) is 1. The molecule has 9 heteroatoms. The fourth-order valence-corrected chi connectivity index (χ4v) is 2.96. The molecule has 1 fully saturated rings. The Morgan fingerprint density at radius 2 is 2.21 bits per heavy atom. The first kappa shape index (κ1) is 14.6. The number of oxazole rings is 1. The smallest absolute Gasteiger partial charge is 0.416 e. The topological polar surface area (TPSA) is 105 Å². The standard InChI is InChI=1S/C15H14N4O5/c20-15-17(6-8-24-15)14-11-9-10(19(21)22)4-5-12(11)18(16-14)13-3-1-2-7-23-13/h4-6,8-9,13H,1-3,7H2. The third kappa shape index (κ3) is 2.29. The lowest BCUT2D eigenvalue weighted by Gasteiger charge is -2.23. The molecule has 2 aromatic heterocycles. The van der Waals surface area contributed by atoms with Crippen molar-refractivity contribution in [1.29, 1.82) is 0 Å². The number of benzene rings is 1. The van der Waals surface area contributed by atoms with Gasteiger partial charge in [0.15, 0.2) is 12.0 Å². The summed E-state index contributed by atoms with van der Waals surface area (Å²) in [5.74, 6) is -0.306. The van der Waals surface area contributed by atoms with Crippen LogP contribution in [0, 0.1) is 10.1 Å². The van der Waals surface area contributed by atoms with E-state index in [1.165, 1.54) is 29.2 Å². The zero-order chi connectivity index (χ0) is 16.7. The van der Waals surface area contributed by atoms with E-state index >= 15 is 0 Å². The number of non-ortho nitro benzene ring substituents is 1. The van der Waals surface area contributed by atoms with Gasteiger partial charge in [-0.15, -0.1) is 0 Å². The van der Waals surface area contributed by atoms with Crippen molar-refractivity contribution in [1.82, 2.24) is 14.3 Å². The van der Waals surface area contributed by atoms with E-state index in [1.807, 2.05) is 0 Å². The molecule has 0 amide bonds. The molecule has 4 rings (SSSR count). The van der Waals surface area contributed by atoms with E-state index < -0.39 is 10.7 Å². The lowest BCUT2D eigenvalue weighted by molar-refractivity contribution is -0.384. The molecule has 1 aliphatic rings. The molecule has 0 aliphatic carbocycles. The van der Waals surface area contributed by atoms with E-state index in [4.69, 9.17) is 9.15 Å². The first-order valence-corrected chi connectivity index (χ1v) is 7.60. The number of nitro groups is 1. The molecule has 1 unspecified atom stereocenters. The maximum absolute atomic E-state index is 11.8. The van der Waals surface area contributed by atoms with Gasteiger partial charge in [-0.05, 0) is 25.3 Å². The molecule has 3 aromatic rings. The number of aromatic nitrogens is 3. The van der Waals surface area contributed by atoms with E-state index in [0.29, 0.717) is 23.3 Å². The van der Waals surface area contributed by atoms with Crippen molar-refractivity contribution in [3.05, 3.63) is 51.3 Å². The molecule has 1 saturated heterocycles. The summed E-state index contributed by atoms with van der Waals surface area (Å²) < 4.78 is 13.5. The summed E-state index contributed by atoms with van der Waals surface area (Å²) in [5.41, 5.74) is 0.611. The third-order valence-corrected chi connectivity index (χ3v) is 4.11. The summed E-state index contributed by atoms with van der Waals surface area (Å²) in [7, 11) is 0. The Kier molecular flexibility index (Phi) is 3.42. The lowest BCUT2D eigenvalue weighted by atomic mass is 10.2. The number of rotatable bonds is 3. The van der Waals surface area contributed by atoms with Gasteiger partial charge in [0.05, 0.1) is 22.0 Å². The van der Waals surface area contributed by atoms with Crippen molar-refractivity contribution in [2.75, 3.05) is 6.61 Å². The van der Waals surface area contributed by atoms with Gasteiger partial charge in [0.1, 0.15) is 6.26 Å². The Morgan fingerprint density at radius 1 is 1.33 bits per heavy atom. The van der Waals surface area contributed by atoms with Crippen LogP contribution in [0.15, 0.2) is 39.9 Å². The maximum atomic E-state index is 11.8. The van der Waals surface area contributed by atoms with Crippen molar-refractivity contribution in [3.8, 4) is 5.82 Å². The van der Waals surface area contributed by atoms with Gasteiger partial charge in [-0.2, -0.15) is 5.10 Å². The Balaban J connectivity index is 1.96. The van der Waals surface area contributed by atoms with Crippen molar-refractivity contribution in [2.45, 2.75) is 25.5 Å². The van der Waals surface area contributed by atoms with E-state index in [1.54, 1.807) is 10.7 Å². The van der Waals surface area contributed by atoms with Gasteiger partial charge in [-0.1, -0.05) is 0 Å². The number of hydrogen-bond donors (Lipinski definition) is 0. The second-order valence-corrected chi connectivity index (χ2v) is 5.59. The fourth-order valence-electron chi connectivity index (χ4n) is 2.96. The summed E-state index contributed by atoms with van der Waals surface area (Å²) in [6.45, 7) is 0.639. The molecule has 0 radical (unpaired) electrons. The molecule has 0 N–H and O–H groups in total. The van der Waals surface area contributed by atoms with Gasteiger partial charge in [-0.3, -0.25) is 10.1 Å². The summed E-state index contributed by atoms with van der Waals surface area (Å²) >= 11 is 0. The highest BCUT2D eigenvalue weighted by molar-refractivity contribution is 5.88. The molecule has 1 aliphatic heterocycles.